The summed E-state index contributed by atoms with van der Waals surface area (Å²) in [5.41, 5.74) is -0.607. The van der Waals surface area contributed by atoms with Crippen LogP contribution in [0.1, 0.15) is 33.1 Å². The van der Waals surface area contributed by atoms with Crippen molar-refractivity contribution in [3.63, 3.8) is 0 Å². The number of rotatable bonds is 7. The number of ether oxygens (including phenoxy) is 1. The first-order chi connectivity index (χ1) is 9.43. The van der Waals surface area contributed by atoms with Gasteiger partial charge < -0.3 is 4.74 Å². The van der Waals surface area contributed by atoms with Gasteiger partial charge in [-0.25, -0.2) is 0 Å². The minimum Gasteiger partial charge on any atom is -0.468 e. The minimum atomic E-state index is -0.607. The number of carbonyl (C=O) groups is 1. The highest BCUT2D eigenvalue weighted by Crippen LogP contribution is 2.31. The summed E-state index contributed by atoms with van der Waals surface area (Å²) < 4.78 is 6.76. The normalized spacial score (nSPS) is 19.4. The summed E-state index contributed by atoms with van der Waals surface area (Å²) in [4.78, 5) is 13.2. The molecule has 1 saturated carbocycles. The Hall–Kier alpha value is -1.01. The van der Waals surface area contributed by atoms with Gasteiger partial charge >= 0.3 is 5.97 Å². The van der Waals surface area contributed by atoms with E-state index in [1.54, 1.807) is 16.4 Å². The van der Waals surface area contributed by atoms with E-state index in [9.17, 15) is 4.79 Å². The summed E-state index contributed by atoms with van der Waals surface area (Å²) in [6.45, 7) is 4.07. The van der Waals surface area contributed by atoms with Crippen LogP contribution in [0.5, 0.6) is 0 Å². The molecule has 2 atom stereocenters. The standard InChI is InChI=1S/C14H23N3O2S/c1-10(20-12-8-15-17(3)9-12)7-14(2,13(18)19-4)16-11-5-6-11/h8-11,16H,5-7H2,1-4H3. The fourth-order valence-electron chi connectivity index (χ4n) is 2.41. The predicted octanol–water partition coefficient (Wildman–Crippen LogP) is 1.97. The molecule has 1 N–H and O–H groups in total. The SMILES string of the molecule is COC(=O)C(C)(CC(C)Sc1cnn(C)c1)NC1CC1. The van der Waals surface area contributed by atoms with E-state index >= 15 is 0 Å². The maximum absolute atomic E-state index is 12.1. The Morgan fingerprint density at radius 1 is 1.70 bits per heavy atom. The molecule has 2 rings (SSSR count). The number of aromatic nitrogens is 2. The van der Waals surface area contributed by atoms with Crippen LogP contribution in [-0.2, 0) is 16.6 Å². The fraction of sp³-hybridized carbons (Fsp3) is 0.714. The number of esters is 1. The number of carbonyl (C=O) groups excluding carboxylic acids is 1. The van der Waals surface area contributed by atoms with Gasteiger partial charge in [-0.1, -0.05) is 6.92 Å². The third kappa shape index (κ3) is 3.99. The maximum Gasteiger partial charge on any atom is 0.325 e. The predicted molar refractivity (Wildman–Crippen MR) is 79.7 cm³/mol. The molecule has 6 heteroatoms. The Morgan fingerprint density at radius 2 is 2.40 bits per heavy atom. The molecule has 1 aromatic heterocycles. The van der Waals surface area contributed by atoms with Crippen LogP contribution in [0.25, 0.3) is 0 Å². The molecule has 112 valence electrons. The molecular formula is C14H23N3O2S. The molecule has 1 aliphatic rings. The first-order valence-corrected chi connectivity index (χ1v) is 7.82. The Morgan fingerprint density at radius 3 is 2.90 bits per heavy atom. The largest absolute Gasteiger partial charge is 0.468 e. The second-order valence-electron chi connectivity index (χ2n) is 5.72. The molecule has 0 amide bonds. The van der Waals surface area contributed by atoms with E-state index < -0.39 is 5.54 Å². The van der Waals surface area contributed by atoms with Crippen LogP contribution in [0.3, 0.4) is 0 Å². The van der Waals surface area contributed by atoms with E-state index in [-0.39, 0.29) is 5.97 Å². The molecule has 20 heavy (non-hydrogen) atoms. The van der Waals surface area contributed by atoms with Gasteiger partial charge in [0.05, 0.1) is 13.3 Å². The van der Waals surface area contributed by atoms with E-state index in [0.29, 0.717) is 11.3 Å². The van der Waals surface area contributed by atoms with Gasteiger partial charge in [0.15, 0.2) is 0 Å². The third-order valence-electron chi connectivity index (χ3n) is 3.45. The van der Waals surface area contributed by atoms with Gasteiger partial charge in [-0.3, -0.25) is 14.8 Å². The van der Waals surface area contributed by atoms with Crippen molar-refractivity contribution in [1.82, 2.24) is 15.1 Å². The minimum absolute atomic E-state index is 0.178. The topological polar surface area (TPSA) is 56.1 Å². The number of nitrogens with one attached hydrogen (secondary N) is 1. The molecule has 0 bridgehead atoms. The van der Waals surface area contributed by atoms with Crippen molar-refractivity contribution >= 4 is 17.7 Å². The lowest BCUT2D eigenvalue weighted by atomic mass is 9.96. The first kappa shape index (κ1) is 15.4. The molecule has 2 unspecified atom stereocenters. The lowest BCUT2D eigenvalue weighted by Crippen LogP contribution is -2.52. The molecule has 0 aliphatic heterocycles. The molecule has 0 radical (unpaired) electrons. The van der Waals surface area contributed by atoms with Gasteiger partial charge in [0.2, 0.25) is 0 Å². The van der Waals surface area contributed by atoms with Crippen LogP contribution in [0.4, 0.5) is 0 Å². The Kier molecular flexibility index (Phi) is 4.75. The molecule has 1 fully saturated rings. The molecule has 0 spiro atoms. The number of methoxy groups -OCH3 is 1. The second-order valence-corrected chi connectivity index (χ2v) is 7.24. The summed E-state index contributed by atoms with van der Waals surface area (Å²) in [6, 6.07) is 0.467. The summed E-state index contributed by atoms with van der Waals surface area (Å²) in [5.74, 6) is -0.178. The van der Waals surface area contributed by atoms with Gasteiger partial charge in [-0.05, 0) is 26.2 Å². The Balaban J connectivity index is 1.97. The van der Waals surface area contributed by atoms with Gasteiger partial charge in [0.25, 0.3) is 0 Å². The number of aryl methyl sites for hydroxylation is 1. The van der Waals surface area contributed by atoms with E-state index in [0.717, 1.165) is 24.2 Å². The van der Waals surface area contributed by atoms with Crippen molar-refractivity contribution in [3.05, 3.63) is 12.4 Å². The zero-order valence-electron chi connectivity index (χ0n) is 12.5. The quantitative estimate of drug-likeness (QED) is 0.616. The zero-order valence-corrected chi connectivity index (χ0v) is 13.4. The summed E-state index contributed by atoms with van der Waals surface area (Å²) in [7, 11) is 3.36. The third-order valence-corrected chi connectivity index (χ3v) is 4.50. The number of thioether (sulfide) groups is 1. The highest BCUT2D eigenvalue weighted by Gasteiger charge is 2.40. The fourth-order valence-corrected chi connectivity index (χ4v) is 3.62. The number of hydrogen-bond donors (Lipinski definition) is 1. The summed E-state index contributed by atoms with van der Waals surface area (Å²) >= 11 is 1.74. The van der Waals surface area contributed by atoms with Gasteiger partial charge in [-0.2, -0.15) is 5.10 Å². The van der Waals surface area contributed by atoms with Crippen LogP contribution >= 0.6 is 11.8 Å². The second kappa shape index (κ2) is 6.18. The number of nitrogens with zero attached hydrogens (tertiary/aromatic N) is 2. The highest BCUT2D eigenvalue weighted by molar-refractivity contribution is 7.99. The van der Waals surface area contributed by atoms with Gasteiger partial charge in [0.1, 0.15) is 5.54 Å². The van der Waals surface area contributed by atoms with Crippen LogP contribution < -0.4 is 5.32 Å². The van der Waals surface area contributed by atoms with Crippen molar-refractivity contribution in [2.45, 2.75) is 54.8 Å². The van der Waals surface area contributed by atoms with Gasteiger partial charge in [0, 0.05) is 29.4 Å². The maximum atomic E-state index is 12.1. The number of hydrogen-bond acceptors (Lipinski definition) is 5. The van der Waals surface area contributed by atoms with E-state index in [1.165, 1.54) is 7.11 Å². The molecule has 1 heterocycles. The molecule has 0 saturated heterocycles. The Labute approximate surface area is 124 Å². The van der Waals surface area contributed by atoms with Crippen molar-refractivity contribution in [1.29, 1.82) is 0 Å². The average molecular weight is 297 g/mol. The van der Waals surface area contributed by atoms with Crippen LogP contribution in [0.2, 0.25) is 0 Å². The monoisotopic (exact) mass is 297 g/mol. The van der Waals surface area contributed by atoms with Crippen molar-refractivity contribution < 1.29 is 9.53 Å². The van der Waals surface area contributed by atoms with Crippen molar-refractivity contribution in [2.24, 2.45) is 7.05 Å². The van der Waals surface area contributed by atoms with E-state index in [1.807, 2.05) is 26.4 Å². The Bertz CT molecular complexity index is 473. The smallest absolute Gasteiger partial charge is 0.325 e. The lowest BCUT2D eigenvalue weighted by Gasteiger charge is -2.30. The molecule has 0 aromatic carbocycles. The first-order valence-electron chi connectivity index (χ1n) is 6.94. The molecule has 1 aromatic rings. The van der Waals surface area contributed by atoms with Crippen LogP contribution in [0, 0.1) is 0 Å². The summed E-state index contributed by atoms with van der Waals surface area (Å²) in [5, 5.41) is 7.90. The lowest BCUT2D eigenvalue weighted by molar-refractivity contribution is -0.148. The highest BCUT2D eigenvalue weighted by atomic mass is 32.2. The van der Waals surface area contributed by atoms with Crippen molar-refractivity contribution in [2.75, 3.05) is 7.11 Å². The van der Waals surface area contributed by atoms with Crippen molar-refractivity contribution in [3.8, 4) is 0 Å². The van der Waals surface area contributed by atoms with Crippen LogP contribution in [0.15, 0.2) is 17.3 Å². The zero-order chi connectivity index (χ0) is 14.8. The molecule has 5 nitrogen and oxygen atoms in total. The van der Waals surface area contributed by atoms with E-state index in [4.69, 9.17) is 4.74 Å². The van der Waals surface area contributed by atoms with Gasteiger partial charge in [-0.15, -0.1) is 11.8 Å². The average Bonchev–Trinajstić information content (AvgIpc) is 3.09. The van der Waals surface area contributed by atoms with E-state index in [2.05, 4.69) is 17.3 Å². The molecular weight excluding hydrogens is 274 g/mol. The van der Waals surface area contributed by atoms with Crippen LogP contribution in [-0.4, -0.2) is 39.7 Å². The summed E-state index contributed by atoms with van der Waals surface area (Å²) in [6.07, 6.45) is 6.87. The molecule has 1 aliphatic carbocycles.